The van der Waals surface area contributed by atoms with Crippen molar-refractivity contribution in [3.05, 3.63) is 52.8 Å². The van der Waals surface area contributed by atoms with Gasteiger partial charge in [-0.2, -0.15) is 4.98 Å². The van der Waals surface area contributed by atoms with Gasteiger partial charge in [0.2, 0.25) is 5.16 Å². The minimum Gasteiger partial charge on any atom is -0.393 e. The molecule has 146 valence electrons. The molecule has 4 rings (SSSR count). The van der Waals surface area contributed by atoms with Crippen LogP contribution < -0.4 is 0 Å². The molecule has 0 saturated carbocycles. The average Bonchev–Trinajstić information content (AvgIpc) is 3.10. The predicted octanol–water partition coefficient (Wildman–Crippen LogP) is 2.63. The van der Waals surface area contributed by atoms with Gasteiger partial charge in [-0.05, 0) is 44.4 Å². The first-order chi connectivity index (χ1) is 13.5. The van der Waals surface area contributed by atoms with E-state index in [1.807, 2.05) is 49.1 Å². The molecule has 0 spiro atoms. The lowest BCUT2D eigenvalue weighted by Gasteiger charge is -2.30. The van der Waals surface area contributed by atoms with Gasteiger partial charge >= 0.3 is 0 Å². The van der Waals surface area contributed by atoms with E-state index in [-0.39, 0.29) is 12.0 Å². The molecule has 7 nitrogen and oxygen atoms in total. The van der Waals surface area contributed by atoms with Gasteiger partial charge in [0, 0.05) is 35.8 Å². The SMILES string of the molecule is Cc1cc(C)n2nc(SCc3ccccc3C(=O)N3CCC(O)CC3)nc2n1. The third kappa shape index (κ3) is 3.88. The number of aromatic nitrogens is 4. The van der Waals surface area contributed by atoms with E-state index in [9.17, 15) is 9.90 Å². The summed E-state index contributed by atoms with van der Waals surface area (Å²) in [4.78, 5) is 23.7. The molecule has 0 aliphatic carbocycles. The Labute approximate surface area is 167 Å². The first-order valence-electron chi connectivity index (χ1n) is 9.40. The van der Waals surface area contributed by atoms with Gasteiger partial charge in [-0.3, -0.25) is 4.79 Å². The van der Waals surface area contributed by atoms with Crippen molar-refractivity contribution in [1.29, 1.82) is 0 Å². The minimum absolute atomic E-state index is 0.0270. The number of piperidine rings is 1. The quantitative estimate of drug-likeness (QED) is 0.682. The van der Waals surface area contributed by atoms with Crippen LogP contribution in [0.15, 0.2) is 35.5 Å². The van der Waals surface area contributed by atoms with E-state index in [1.165, 1.54) is 11.8 Å². The van der Waals surface area contributed by atoms with Crippen LogP contribution in [0.25, 0.3) is 5.78 Å². The van der Waals surface area contributed by atoms with Crippen molar-refractivity contribution in [3.63, 3.8) is 0 Å². The Balaban J connectivity index is 1.51. The molecule has 0 unspecified atom stereocenters. The molecule has 1 aliphatic rings. The number of aliphatic hydroxyl groups is 1. The van der Waals surface area contributed by atoms with E-state index < -0.39 is 0 Å². The maximum Gasteiger partial charge on any atom is 0.254 e. The van der Waals surface area contributed by atoms with Crippen LogP contribution in [0.4, 0.5) is 0 Å². The Kier molecular flexibility index (Phi) is 5.32. The van der Waals surface area contributed by atoms with E-state index >= 15 is 0 Å². The Morgan fingerprint density at radius 3 is 2.75 bits per heavy atom. The van der Waals surface area contributed by atoms with Gasteiger partial charge in [-0.15, -0.1) is 5.10 Å². The van der Waals surface area contributed by atoms with Crippen molar-refractivity contribution in [3.8, 4) is 0 Å². The second-order valence-electron chi connectivity index (χ2n) is 7.11. The summed E-state index contributed by atoms with van der Waals surface area (Å²) in [5, 5.41) is 14.8. The standard InChI is InChI=1S/C20H23N5O2S/c1-13-11-14(2)25-19(21-13)22-20(23-25)28-12-15-5-3-4-6-17(15)18(27)24-9-7-16(26)8-10-24/h3-6,11,16,26H,7-10,12H2,1-2H3. The number of thioether (sulfide) groups is 1. The number of aryl methyl sites for hydroxylation is 2. The average molecular weight is 398 g/mol. The number of likely N-dealkylation sites (tertiary alicyclic amines) is 1. The first kappa shape index (κ1) is 18.9. The highest BCUT2D eigenvalue weighted by Crippen LogP contribution is 2.24. The van der Waals surface area contributed by atoms with Crippen LogP contribution in [0, 0.1) is 13.8 Å². The Morgan fingerprint density at radius 2 is 1.96 bits per heavy atom. The Morgan fingerprint density at radius 1 is 1.21 bits per heavy atom. The summed E-state index contributed by atoms with van der Waals surface area (Å²) in [6.07, 6.45) is 0.982. The molecule has 1 aromatic carbocycles. The second kappa shape index (κ2) is 7.89. The predicted molar refractivity (Wildman–Crippen MR) is 107 cm³/mol. The number of amides is 1. The normalized spacial score (nSPS) is 15.3. The van der Waals surface area contributed by atoms with Gasteiger partial charge in [0.05, 0.1) is 6.10 Å². The zero-order valence-corrected chi connectivity index (χ0v) is 16.8. The Hall–Kier alpha value is -2.45. The smallest absolute Gasteiger partial charge is 0.254 e. The topological polar surface area (TPSA) is 83.6 Å². The summed E-state index contributed by atoms with van der Waals surface area (Å²) in [5.74, 6) is 1.23. The number of hydrogen-bond donors (Lipinski definition) is 1. The molecular weight excluding hydrogens is 374 g/mol. The van der Waals surface area contributed by atoms with Crippen LogP contribution in [-0.4, -0.2) is 54.7 Å². The fourth-order valence-corrected chi connectivity index (χ4v) is 4.27. The van der Waals surface area contributed by atoms with Crippen LogP contribution in [0.5, 0.6) is 0 Å². The molecule has 2 aromatic heterocycles. The van der Waals surface area contributed by atoms with Crippen LogP contribution in [0.1, 0.15) is 40.2 Å². The fourth-order valence-electron chi connectivity index (χ4n) is 3.45. The maximum atomic E-state index is 13.0. The highest BCUT2D eigenvalue weighted by Gasteiger charge is 2.24. The van der Waals surface area contributed by atoms with Gasteiger partial charge in [0.25, 0.3) is 11.7 Å². The summed E-state index contributed by atoms with van der Waals surface area (Å²) < 4.78 is 1.74. The van der Waals surface area contributed by atoms with Crippen molar-refractivity contribution in [1.82, 2.24) is 24.5 Å². The zero-order valence-electron chi connectivity index (χ0n) is 16.0. The Bertz CT molecular complexity index is 1010. The molecular formula is C20H23N5O2S. The monoisotopic (exact) mass is 397 g/mol. The molecule has 28 heavy (non-hydrogen) atoms. The van der Waals surface area contributed by atoms with E-state index in [0.29, 0.717) is 48.2 Å². The van der Waals surface area contributed by atoms with Gasteiger partial charge in [-0.25, -0.2) is 9.50 Å². The molecule has 1 amide bonds. The number of rotatable bonds is 4. The lowest BCUT2D eigenvalue weighted by molar-refractivity contribution is 0.0546. The van der Waals surface area contributed by atoms with Crippen molar-refractivity contribution in [2.75, 3.05) is 13.1 Å². The second-order valence-corrected chi connectivity index (χ2v) is 8.06. The number of fused-ring (bicyclic) bond motifs is 1. The van der Waals surface area contributed by atoms with Gasteiger partial charge < -0.3 is 10.0 Å². The van der Waals surface area contributed by atoms with Crippen molar-refractivity contribution < 1.29 is 9.90 Å². The molecule has 1 saturated heterocycles. The number of hydrogen-bond acceptors (Lipinski definition) is 6. The molecule has 3 aromatic rings. The summed E-state index contributed by atoms with van der Waals surface area (Å²) in [6.45, 7) is 5.11. The molecule has 3 heterocycles. The number of aliphatic hydroxyl groups excluding tert-OH is 1. The number of carbonyl (C=O) groups is 1. The molecule has 1 fully saturated rings. The zero-order chi connectivity index (χ0) is 19.7. The lowest BCUT2D eigenvalue weighted by atomic mass is 10.0. The summed E-state index contributed by atoms with van der Waals surface area (Å²) in [6, 6.07) is 9.65. The summed E-state index contributed by atoms with van der Waals surface area (Å²) in [5.41, 5.74) is 3.57. The summed E-state index contributed by atoms with van der Waals surface area (Å²) >= 11 is 1.50. The van der Waals surface area contributed by atoms with E-state index in [4.69, 9.17) is 0 Å². The highest BCUT2D eigenvalue weighted by molar-refractivity contribution is 7.98. The van der Waals surface area contributed by atoms with Gasteiger partial charge in [-0.1, -0.05) is 30.0 Å². The largest absolute Gasteiger partial charge is 0.393 e. The van der Waals surface area contributed by atoms with E-state index in [1.54, 1.807) is 4.52 Å². The van der Waals surface area contributed by atoms with Crippen LogP contribution in [0.3, 0.4) is 0 Å². The minimum atomic E-state index is -0.295. The number of nitrogens with zero attached hydrogens (tertiary/aromatic N) is 5. The number of benzene rings is 1. The molecule has 0 radical (unpaired) electrons. The molecule has 1 N–H and O–H groups in total. The van der Waals surface area contributed by atoms with Gasteiger partial charge in [0.1, 0.15) is 0 Å². The highest BCUT2D eigenvalue weighted by atomic mass is 32.2. The number of carbonyl (C=O) groups excluding carboxylic acids is 1. The molecule has 0 bridgehead atoms. The first-order valence-corrected chi connectivity index (χ1v) is 10.4. The molecule has 0 atom stereocenters. The molecule has 1 aliphatic heterocycles. The van der Waals surface area contributed by atoms with Crippen LogP contribution in [0.2, 0.25) is 0 Å². The van der Waals surface area contributed by atoms with Crippen molar-refractivity contribution >= 4 is 23.4 Å². The van der Waals surface area contributed by atoms with Crippen molar-refractivity contribution in [2.24, 2.45) is 0 Å². The van der Waals surface area contributed by atoms with Crippen LogP contribution >= 0.6 is 11.8 Å². The fraction of sp³-hybridized carbons (Fsp3) is 0.400. The van der Waals surface area contributed by atoms with E-state index in [2.05, 4.69) is 15.1 Å². The molecule has 8 heteroatoms. The third-order valence-electron chi connectivity index (χ3n) is 4.96. The van der Waals surface area contributed by atoms with Gasteiger partial charge in [0.15, 0.2) is 0 Å². The third-order valence-corrected chi connectivity index (χ3v) is 5.84. The lowest BCUT2D eigenvalue weighted by Crippen LogP contribution is -2.40. The van der Waals surface area contributed by atoms with Crippen LogP contribution in [-0.2, 0) is 5.75 Å². The summed E-state index contributed by atoms with van der Waals surface area (Å²) in [7, 11) is 0. The van der Waals surface area contributed by atoms with Crippen molar-refractivity contribution in [2.45, 2.75) is 43.7 Å². The van der Waals surface area contributed by atoms with E-state index in [0.717, 1.165) is 17.0 Å². The maximum absolute atomic E-state index is 13.0.